The van der Waals surface area contributed by atoms with Crippen molar-refractivity contribution in [3.8, 4) is 17.6 Å². The molecule has 1 aromatic rings. The van der Waals surface area contributed by atoms with Gasteiger partial charge in [-0.2, -0.15) is 5.26 Å². The topological polar surface area (TPSA) is 79.5 Å². The van der Waals surface area contributed by atoms with E-state index in [0.717, 1.165) is 13.2 Å². The van der Waals surface area contributed by atoms with Gasteiger partial charge in [0.2, 0.25) is 0 Å². The highest BCUT2D eigenvalue weighted by Crippen LogP contribution is 2.33. The minimum Gasteiger partial charge on any atom is -0.507 e. The van der Waals surface area contributed by atoms with Crippen molar-refractivity contribution in [1.29, 1.82) is 5.26 Å². The molecule has 0 saturated carbocycles. The van der Waals surface area contributed by atoms with E-state index in [9.17, 15) is 23.1 Å². The largest absolute Gasteiger partial charge is 0.573 e. The Morgan fingerprint density at radius 1 is 1.44 bits per heavy atom. The summed E-state index contributed by atoms with van der Waals surface area (Å²) < 4.78 is 44.1. The summed E-state index contributed by atoms with van der Waals surface area (Å²) in [7, 11) is 0.928. The highest BCUT2D eigenvalue weighted by molar-refractivity contribution is 5.95. The van der Waals surface area contributed by atoms with Crippen molar-refractivity contribution < 1.29 is 32.5 Å². The Morgan fingerprint density at radius 2 is 2.06 bits per heavy atom. The number of methoxy groups -OCH3 is 1. The smallest absolute Gasteiger partial charge is 0.507 e. The fraction of sp³-hybridized carbons (Fsp3) is 0.200. The van der Waals surface area contributed by atoms with Crippen LogP contribution in [0.15, 0.2) is 12.1 Å². The summed E-state index contributed by atoms with van der Waals surface area (Å²) in [6.45, 7) is 0. The molecule has 0 bridgehead atoms. The first-order chi connectivity index (χ1) is 8.28. The standard InChI is InChI=1S/C10H6F3NO4/c1-17-9(16)8-6(15)2-5(4-14)3-7(8)18-10(11,12)13/h2-3,15H,1H3. The van der Waals surface area contributed by atoms with E-state index in [-0.39, 0.29) is 5.56 Å². The van der Waals surface area contributed by atoms with Crippen LogP contribution in [0.4, 0.5) is 13.2 Å². The zero-order valence-electron chi connectivity index (χ0n) is 8.91. The van der Waals surface area contributed by atoms with E-state index in [1.54, 1.807) is 0 Å². The summed E-state index contributed by atoms with van der Waals surface area (Å²) in [5, 5.41) is 18.0. The Hall–Kier alpha value is -2.43. The van der Waals surface area contributed by atoms with Gasteiger partial charge in [-0.05, 0) is 12.1 Å². The molecule has 0 amide bonds. The Kier molecular flexibility index (Phi) is 3.66. The molecule has 8 heteroatoms. The van der Waals surface area contributed by atoms with Crippen molar-refractivity contribution in [3.05, 3.63) is 23.3 Å². The minimum absolute atomic E-state index is 0.292. The van der Waals surface area contributed by atoms with Crippen LogP contribution in [0.2, 0.25) is 0 Å². The number of carbonyl (C=O) groups excluding carboxylic acids is 1. The Bertz CT molecular complexity index is 519. The number of phenols is 1. The fourth-order valence-electron chi connectivity index (χ4n) is 1.18. The van der Waals surface area contributed by atoms with Crippen LogP contribution in [0.5, 0.6) is 11.5 Å². The van der Waals surface area contributed by atoms with Crippen LogP contribution in [0, 0.1) is 11.3 Å². The number of halogens is 3. The van der Waals surface area contributed by atoms with Gasteiger partial charge in [0.1, 0.15) is 17.1 Å². The maximum Gasteiger partial charge on any atom is 0.573 e. The number of benzene rings is 1. The average Bonchev–Trinajstić information content (AvgIpc) is 2.25. The predicted octanol–water partition coefficient (Wildman–Crippen LogP) is 1.95. The molecule has 5 nitrogen and oxygen atoms in total. The minimum atomic E-state index is -5.07. The fourth-order valence-corrected chi connectivity index (χ4v) is 1.18. The van der Waals surface area contributed by atoms with Crippen LogP contribution in [-0.2, 0) is 4.74 Å². The molecule has 0 spiro atoms. The number of alkyl halides is 3. The van der Waals surface area contributed by atoms with E-state index < -0.39 is 29.4 Å². The lowest BCUT2D eigenvalue weighted by atomic mass is 10.1. The number of hydrogen-bond donors (Lipinski definition) is 1. The Labute approximate surface area is 99.0 Å². The monoisotopic (exact) mass is 261 g/mol. The second-order valence-corrected chi connectivity index (χ2v) is 3.02. The van der Waals surface area contributed by atoms with Crippen LogP contribution in [0.25, 0.3) is 0 Å². The van der Waals surface area contributed by atoms with Crippen molar-refractivity contribution in [2.24, 2.45) is 0 Å². The van der Waals surface area contributed by atoms with Crippen LogP contribution in [0.3, 0.4) is 0 Å². The van der Waals surface area contributed by atoms with E-state index in [1.807, 2.05) is 0 Å². The normalized spacial score (nSPS) is 10.6. The lowest BCUT2D eigenvalue weighted by molar-refractivity contribution is -0.274. The molecule has 0 fully saturated rings. The third-order valence-electron chi connectivity index (χ3n) is 1.83. The van der Waals surface area contributed by atoms with Gasteiger partial charge < -0.3 is 14.6 Å². The quantitative estimate of drug-likeness (QED) is 0.823. The van der Waals surface area contributed by atoms with Gasteiger partial charge in [0, 0.05) is 0 Å². The third kappa shape index (κ3) is 3.04. The maximum absolute atomic E-state index is 12.1. The number of phenolic OH excluding ortho intramolecular Hbond substituents is 1. The van der Waals surface area contributed by atoms with Gasteiger partial charge in [0.15, 0.2) is 0 Å². The maximum atomic E-state index is 12.1. The van der Waals surface area contributed by atoms with Crippen molar-refractivity contribution in [2.75, 3.05) is 7.11 Å². The van der Waals surface area contributed by atoms with Gasteiger partial charge in [0.05, 0.1) is 18.7 Å². The van der Waals surface area contributed by atoms with Crippen LogP contribution in [-0.4, -0.2) is 24.5 Å². The zero-order chi connectivity index (χ0) is 13.9. The number of carbonyl (C=O) groups is 1. The predicted molar refractivity (Wildman–Crippen MR) is 50.8 cm³/mol. The lowest BCUT2D eigenvalue weighted by Gasteiger charge is -2.13. The van der Waals surface area contributed by atoms with E-state index in [1.165, 1.54) is 6.07 Å². The molecule has 0 heterocycles. The highest BCUT2D eigenvalue weighted by atomic mass is 19.4. The van der Waals surface area contributed by atoms with Gasteiger partial charge >= 0.3 is 12.3 Å². The van der Waals surface area contributed by atoms with Crippen LogP contribution in [0.1, 0.15) is 15.9 Å². The van der Waals surface area contributed by atoms with E-state index in [0.29, 0.717) is 6.07 Å². The summed E-state index contributed by atoms with van der Waals surface area (Å²) >= 11 is 0. The number of aromatic hydroxyl groups is 1. The first kappa shape index (κ1) is 13.6. The molecule has 0 unspecified atom stereocenters. The molecular formula is C10H6F3NO4. The first-order valence-electron chi connectivity index (χ1n) is 4.39. The molecule has 0 aliphatic heterocycles. The van der Waals surface area contributed by atoms with Crippen molar-refractivity contribution in [3.63, 3.8) is 0 Å². The van der Waals surface area contributed by atoms with Crippen LogP contribution >= 0.6 is 0 Å². The van der Waals surface area contributed by atoms with Gasteiger partial charge in [-0.25, -0.2) is 4.79 Å². The van der Waals surface area contributed by atoms with E-state index >= 15 is 0 Å². The van der Waals surface area contributed by atoms with E-state index in [2.05, 4.69) is 9.47 Å². The van der Waals surface area contributed by atoms with Gasteiger partial charge in [-0.1, -0.05) is 0 Å². The molecule has 1 N–H and O–H groups in total. The average molecular weight is 261 g/mol. The Balaban J connectivity index is 3.39. The first-order valence-corrected chi connectivity index (χ1v) is 4.39. The summed E-state index contributed by atoms with van der Waals surface area (Å²) in [6.07, 6.45) is -5.07. The summed E-state index contributed by atoms with van der Waals surface area (Å²) in [4.78, 5) is 11.2. The second-order valence-electron chi connectivity index (χ2n) is 3.02. The number of esters is 1. The van der Waals surface area contributed by atoms with Gasteiger partial charge in [0.25, 0.3) is 0 Å². The summed E-state index contributed by atoms with van der Waals surface area (Å²) in [6, 6.07) is 3.03. The van der Waals surface area contributed by atoms with Crippen molar-refractivity contribution in [2.45, 2.75) is 6.36 Å². The molecule has 0 saturated heterocycles. The van der Waals surface area contributed by atoms with E-state index in [4.69, 9.17) is 5.26 Å². The van der Waals surface area contributed by atoms with Crippen molar-refractivity contribution in [1.82, 2.24) is 0 Å². The lowest BCUT2D eigenvalue weighted by Crippen LogP contribution is -2.19. The molecule has 1 aromatic carbocycles. The number of ether oxygens (including phenoxy) is 2. The molecule has 0 aromatic heterocycles. The Morgan fingerprint density at radius 3 is 2.50 bits per heavy atom. The van der Waals surface area contributed by atoms with Gasteiger partial charge in [-0.15, -0.1) is 13.2 Å². The summed E-state index contributed by atoms with van der Waals surface area (Å²) in [5.41, 5.74) is -1.09. The van der Waals surface area contributed by atoms with Crippen molar-refractivity contribution >= 4 is 5.97 Å². The molecule has 1 rings (SSSR count). The number of nitriles is 1. The molecular weight excluding hydrogens is 255 g/mol. The zero-order valence-corrected chi connectivity index (χ0v) is 8.91. The molecule has 18 heavy (non-hydrogen) atoms. The second kappa shape index (κ2) is 4.83. The molecule has 0 atom stereocenters. The van der Waals surface area contributed by atoms with Gasteiger partial charge in [-0.3, -0.25) is 0 Å². The highest BCUT2D eigenvalue weighted by Gasteiger charge is 2.34. The third-order valence-corrected chi connectivity index (χ3v) is 1.83. The molecule has 0 aliphatic carbocycles. The molecule has 0 radical (unpaired) electrons. The molecule has 0 aliphatic rings. The number of nitrogens with zero attached hydrogens (tertiary/aromatic N) is 1. The molecule has 96 valence electrons. The SMILES string of the molecule is COC(=O)c1c(O)cc(C#N)cc1OC(F)(F)F. The van der Waals surface area contributed by atoms with Crippen LogP contribution < -0.4 is 4.74 Å². The number of rotatable bonds is 2. The summed E-state index contributed by atoms with van der Waals surface area (Å²) in [5.74, 6) is -3.04. The number of hydrogen-bond acceptors (Lipinski definition) is 5.